The van der Waals surface area contributed by atoms with Gasteiger partial charge in [-0.3, -0.25) is 9.69 Å². The maximum absolute atomic E-state index is 13.1. The molecule has 1 saturated heterocycles. The van der Waals surface area contributed by atoms with Crippen LogP contribution in [-0.4, -0.2) is 60.0 Å². The predicted octanol–water partition coefficient (Wildman–Crippen LogP) is 2.40. The third-order valence-corrected chi connectivity index (χ3v) is 5.28. The van der Waals surface area contributed by atoms with Crippen LogP contribution in [0.1, 0.15) is 19.8 Å². The monoisotopic (exact) mass is 412 g/mol. The first-order valence-electron chi connectivity index (χ1n) is 8.49. The molecule has 1 atom stereocenters. The lowest BCUT2D eigenvalue weighted by Gasteiger charge is -2.37. The Morgan fingerprint density at radius 3 is 2.52 bits per heavy atom. The largest absolute Gasteiger partial charge is 0.352 e. The Morgan fingerprint density at radius 1 is 1.24 bits per heavy atom. The Hall–Kier alpha value is -1.67. The zero-order valence-corrected chi connectivity index (χ0v) is 15.7. The van der Waals surface area contributed by atoms with E-state index in [1.54, 1.807) is 4.90 Å². The zero-order valence-electron chi connectivity index (χ0n) is 14.1. The van der Waals surface area contributed by atoms with Gasteiger partial charge < -0.3 is 15.5 Å². The van der Waals surface area contributed by atoms with Crippen LogP contribution in [0.3, 0.4) is 0 Å². The van der Waals surface area contributed by atoms with Gasteiger partial charge in [0.25, 0.3) is 0 Å². The number of benzene rings is 1. The smallest absolute Gasteiger partial charge is 0.321 e. The van der Waals surface area contributed by atoms with Gasteiger partial charge in [0, 0.05) is 36.7 Å². The van der Waals surface area contributed by atoms with Crippen molar-refractivity contribution < 1.29 is 14.0 Å². The summed E-state index contributed by atoms with van der Waals surface area (Å²) in [5.41, 5.74) is 0.533. The second-order valence-corrected chi connectivity index (χ2v) is 7.39. The number of nitrogens with zero attached hydrogens (tertiary/aromatic N) is 2. The van der Waals surface area contributed by atoms with Crippen molar-refractivity contribution in [2.45, 2.75) is 31.8 Å². The minimum atomic E-state index is -0.364. The standard InChI is InChI=1S/C17H22BrFN4O2/c1-11(16(24)20-13-3-4-13)22-6-8-23(9-7-22)17(25)21-15-5-2-12(19)10-14(15)18/h2,5,10-11,13H,3-4,6-9H2,1H3,(H,20,24)(H,21,25). The van der Waals surface area contributed by atoms with Crippen molar-refractivity contribution in [2.24, 2.45) is 0 Å². The van der Waals surface area contributed by atoms with Gasteiger partial charge in [0.15, 0.2) is 0 Å². The van der Waals surface area contributed by atoms with Crippen molar-refractivity contribution >= 4 is 33.6 Å². The van der Waals surface area contributed by atoms with Crippen LogP contribution in [0.2, 0.25) is 0 Å². The molecule has 0 bridgehead atoms. The fourth-order valence-corrected chi connectivity index (χ4v) is 3.26. The minimum absolute atomic E-state index is 0.0654. The quantitative estimate of drug-likeness (QED) is 0.797. The number of nitrogens with one attached hydrogen (secondary N) is 2. The third kappa shape index (κ3) is 4.70. The van der Waals surface area contributed by atoms with Gasteiger partial charge in [0.1, 0.15) is 5.82 Å². The first-order valence-corrected chi connectivity index (χ1v) is 9.29. The lowest BCUT2D eigenvalue weighted by Crippen LogP contribution is -2.55. The number of anilines is 1. The first-order chi connectivity index (χ1) is 11.9. The Kier molecular flexibility index (Phi) is 5.58. The van der Waals surface area contributed by atoms with Crippen LogP contribution in [0, 0.1) is 5.82 Å². The van der Waals surface area contributed by atoms with Gasteiger partial charge >= 0.3 is 6.03 Å². The molecule has 1 aromatic carbocycles. The molecule has 2 fully saturated rings. The Labute approximate surface area is 154 Å². The number of amides is 3. The molecular formula is C17H22BrFN4O2. The molecule has 3 rings (SSSR count). The summed E-state index contributed by atoms with van der Waals surface area (Å²) in [4.78, 5) is 28.3. The van der Waals surface area contributed by atoms with Crippen molar-refractivity contribution in [3.63, 3.8) is 0 Å². The number of carbonyl (C=O) groups excluding carboxylic acids is 2. The Morgan fingerprint density at radius 2 is 1.92 bits per heavy atom. The van der Waals surface area contributed by atoms with Gasteiger partial charge in [-0.2, -0.15) is 0 Å². The molecule has 1 heterocycles. The van der Waals surface area contributed by atoms with E-state index < -0.39 is 0 Å². The van der Waals surface area contributed by atoms with Crippen molar-refractivity contribution in [1.29, 1.82) is 0 Å². The van der Waals surface area contributed by atoms with Crippen molar-refractivity contribution in [1.82, 2.24) is 15.1 Å². The van der Waals surface area contributed by atoms with Crippen LogP contribution < -0.4 is 10.6 Å². The van der Waals surface area contributed by atoms with E-state index in [-0.39, 0.29) is 23.8 Å². The lowest BCUT2D eigenvalue weighted by atomic mass is 10.2. The highest BCUT2D eigenvalue weighted by Crippen LogP contribution is 2.23. The maximum Gasteiger partial charge on any atom is 0.321 e. The number of piperazine rings is 1. The fraction of sp³-hybridized carbons (Fsp3) is 0.529. The highest BCUT2D eigenvalue weighted by molar-refractivity contribution is 9.10. The van der Waals surface area contributed by atoms with E-state index in [2.05, 4.69) is 31.5 Å². The highest BCUT2D eigenvalue weighted by Gasteiger charge is 2.30. The molecule has 8 heteroatoms. The molecule has 6 nitrogen and oxygen atoms in total. The average Bonchev–Trinajstić information content (AvgIpc) is 3.40. The fourth-order valence-electron chi connectivity index (χ4n) is 2.81. The van der Waals surface area contributed by atoms with Crippen LogP contribution >= 0.6 is 15.9 Å². The topological polar surface area (TPSA) is 64.7 Å². The number of halogens is 2. The molecule has 0 radical (unpaired) electrons. The summed E-state index contributed by atoms with van der Waals surface area (Å²) >= 11 is 3.24. The molecule has 2 aliphatic rings. The molecule has 1 aromatic rings. The van der Waals surface area contributed by atoms with Crippen LogP contribution in [0.15, 0.2) is 22.7 Å². The summed E-state index contributed by atoms with van der Waals surface area (Å²) < 4.78 is 13.6. The van der Waals surface area contributed by atoms with Crippen LogP contribution in [0.5, 0.6) is 0 Å². The molecule has 136 valence electrons. The molecule has 3 amide bonds. The van der Waals surface area contributed by atoms with E-state index in [0.29, 0.717) is 42.4 Å². The van der Waals surface area contributed by atoms with Gasteiger partial charge in [-0.05, 0) is 53.9 Å². The van der Waals surface area contributed by atoms with Crippen LogP contribution in [0.4, 0.5) is 14.9 Å². The Balaban J connectivity index is 1.49. The molecule has 25 heavy (non-hydrogen) atoms. The van der Waals surface area contributed by atoms with Gasteiger partial charge in [0.05, 0.1) is 11.7 Å². The van der Waals surface area contributed by atoms with Gasteiger partial charge in [-0.15, -0.1) is 0 Å². The summed E-state index contributed by atoms with van der Waals surface area (Å²) in [7, 11) is 0. The molecular weight excluding hydrogens is 391 g/mol. The molecule has 1 unspecified atom stereocenters. The SMILES string of the molecule is CC(C(=O)NC1CC1)N1CCN(C(=O)Nc2ccc(F)cc2Br)CC1. The number of carbonyl (C=O) groups is 2. The summed E-state index contributed by atoms with van der Waals surface area (Å²) in [6.45, 7) is 4.30. The van der Waals surface area contributed by atoms with Gasteiger partial charge in [-0.1, -0.05) is 0 Å². The van der Waals surface area contributed by atoms with Crippen molar-refractivity contribution in [2.75, 3.05) is 31.5 Å². The van der Waals surface area contributed by atoms with E-state index in [1.807, 2.05) is 6.92 Å². The van der Waals surface area contributed by atoms with E-state index in [0.717, 1.165) is 12.8 Å². The van der Waals surface area contributed by atoms with E-state index in [9.17, 15) is 14.0 Å². The number of urea groups is 1. The number of rotatable bonds is 4. The summed E-state index contributed by atoms with van der Waals surface area (Å²) in [6, 6.07) is 4.10. The summed E-state index contributed by atoms with van der Waals surface area (Å²) in [5.74, 6) is -0.299. The summed E-state index contributed by atoms with van der Waals surface area (Å²) in [6.07, 6.45) is 2.15. The van der Waals surface area contributed by atoms with E-state index >= 15 is 0 Å². The molecule has 1 aliphatic carbocycles. The second-order valence-electron chi connectivity index (χ2n) is 6.54. The normalized spacial score (nSPS) is 19.4. The number of hydrogen-bond donors (Lipinski definition) is 2. The maximum atomic E-state index is 13.1. The highest BCUT2D eigenvalue weighted by atomic mass is 79.9. The Bertz CT molecular complexity index is 660. The van der Waals surface area contributed by atoms with Crippen molar-refractivity contribution in [3.8, 4) is 0 Å². The zero-order chi connectivity index (χ0) is 18.0. The third-order valence-electron chi connectivity index (χ3n) is 4.63. The molecule has 1 saturated carbocycles. The average molecular weight is 413 g/mol. The lowest BCUT2D eigenvalue weighted by molar-refractivity contribution is -0.126. The van der Waals surface area contributed by atoms with Gasteiger partial charge in [0.2, 0.25) is 5.91 Å². The number of hydrogen-bond acceptors (Lipinski definition) is 3. The first kappa shape index (κ1) is 18.1. The van der Waals surface area contributed by atoms with Crippen LogP contribution in [-0.2, 0) is 4.79 Å². The van der Waals surface area contributed by atoms with Crippen molar-refractivity contribution in [3.05, 3.63) is 28.5 Å². The van der Waals surface area contributed by atoms with E-state index in [4.69, 9.17) is 0 Å². The van der Waals surface area contributed by atoms with Crippen LogP contribution in [0.25, 0.3) is 0 Å². The molecule has 0 spiro atoms. The minimum Gasteiger partial charge on any atom is -0.352 e. The summed E-state index contributed by atoms with van der Waals surface area (Å²) in [5, 5.41) is 5.80. The van der Waals surface area contributed by atoms with E-state index in [1.165, 1.54) is 18.2 Å². The molecule has 1 aliphatic heterocycles. The molecule has 2 N–H and O–H groups in total. The molecule has 0 aromatic heterocycles. The van der Waals surface area contributed by atoms with Gasteiger partial charge in [-0.25, -0.2) is 9.18 Å². The predicted molar refractivity (Wildman–Crippen MR) is 96.9 cm³/mol. The second kappa shape index (κ2) is 7.70.